The van der Waals surface area contributed by atoms with E-state index < -0.39 is 0 Å². The van der Waals surface area contributed by atoms with Gasteiger partial charge in [-0.15, -0.1) is 0 Å². The highest BCUT2D eigenvalue weighted by atomic mass is 15.3. The SMILES string of the molecule is Cc1ncccc1CN1CCN(Cc2ccc(-c3cccc4cccnc34)cc2)CC1. The molecule has 0 radical (unpaired) electrons. The molecular weight excluding hydrogens is 380 g/mol. The molecule has 3 heterocycles. The fourth-order valence-electron chi connectivity index (χ4n) is 4.42. The van der Waals surface area contributed by atoms with Gasteiger partial charge in [0.2, 0.25) is 0 Å². The average molecular weight is 409 g/mol. The van der Waals surface area contributed by atoms with E-state index in [-0.39, 0.29) is 0 Å². The minimum absolute atomic E-state index is 1.00. The molecule has 0 amide bonds. The van der Waals surface area contributed by atoms with Crippen LogP contribution >= 0.6 is 0 Å². The van der Waals surface area contributed by atoms with Crippen molar-refractivity contribution in [1.29, 1.82) is 0 Å². The summed E-state index contributed by atoms with van der Waals surface area (Å²) in [5, 5.41) is 1.18. The highest BCUT2D eigenvalue weighted by Gasteiger charge is 2.18. The Balaban J connectivity index is 1.20. The first-order chi connectivity index (χ1) is 15.3. The van der Waals surface area contributed by atoms with Crippen molar-refractivity contribution in [2.24, 2.45) is 0 Å². The molecule has 0 saturated carbocycles. The Bertz CT molecular complexity index is 1160. The van der Waals surface area contributed by atoms with Crippen molar-refractivity contribution in [2.45, 2.75) is 20.0 Å². The van der Waals surface area contributed by atoms with E-state index in [2.05, 4.69) is 81.3 Å². The summed E-state index contributed by atoms with van der Waals surface area (Å²) in [5.74, 6) is 0. The second kappa shape index (κ2) is 8.96. The number of hydrogen-bond acceptors (Lipinski definition) is 4. The van der Waals surface area contributed by atoms with Crippen molar-refractivity contribution >= 4 is 10.9 Å². The molecule has 1 fully saturated rings. The maximum atomic E-state index is 4.60. The Morgan fingerprint density at radius 2 is 1.39 bits per heavy atom. The van der Waals surface area contributed by atoms with Crippen LogP contribution in [0, 0.1) is 6.92 Å². The van der Waals surface area contributed by atoms with Crippen LogP contribution in [-0.2, 0) is 13.1 Å². The zero-order valence-corrected chi connectivity index (χ0v) is 18.0. The average Bonchev–Trinajstić information content (AvgIpc) is 2.82. The van der Waals surface area contributed by atoms with E-state index in [1.165, 1.54) is 27.6 Å². The molecule has 5 rings (SSSR count). The molecule has 0 spiro atoms. The number of hydrogen-bond donors (Lipinski definition) is 0. The van der Waals surface area contributed by atoms with Crippen LogP contribution in [0.4, 0.5) is 0 Å². The number of aromatic nitrogens is 2. The molecule has 4 aromatic rings. The highest BCUT2D eigenvalue weighted by Crippen LogP contribution is 2.27. The van der Waals surface area contributed by atoms with Gasteiger partial charge in [-0.3, -0.25) is 19.8 Å². The van der Waals surface area contributed by atoms with Gasteiger partial charge in [-0.2, -0.15) is 0 Å². The zero-order valence-electron chi connectivity index (χ0n) is 18.0. The Hall–Kier alpha value is -3.08. The Morgan fingerprint density at radius 3 is 2.16 bits per heavy atom. The van der Waals surface area contributed by atoms with Crippen molar-refractivity contribution in [1.82, 2.24) is 19.8 Å². The third kappa shape index (κ3) is 4.50. The summed E-state index contributed by atoms with van der Waals surface area (Å²) in [7, 11) is 0. The number of fused-ring (bicyclic) bond motifs is 1. The van der Waals surface area contributed by atoms with Crippen LogP contribution in [0.2, 0.25) is 0 Å². The second-order valence-corrected chi connectivity index (χ2v) is 8.38. The van der Waals surface area contributed by atoms with Crippen molar-refractivity contribution in [3.63, 3.8) is 0 Å². The van der Waals surface area contributed by atoms with E-state index in [0.717, 1.165) is 50.5 Å². The standard InChI is InChI=1S/C27H28N4/c1-21-25(7-4-13-28-21)20-31-17-15-30(16-18-31)19-22-9-11-23(12-10-22)26-8-2-5-24-6-3-14-29-27(24)26/h2-14H,15-20H2,1H3. The summed E-state index contributed by atoms with van der Waals surface area (Å²) in [6, 6.07) is 23.7. The van der Waals surface area contributed by atoms with Crippen LogP contribution in [0.25, 0.3) is 22.0 Å². The second-order valence-electron chi connectivity index (χ2n) is 8.38. The van der Waals surface area contributed by atoms with Crippen molar-refractivity contribution < 1.29 is 0 Å². The lowest BCUT2D eigenvalue weighted by Gasteiger charge is -2.35. The van der Waals surface area contributed by atoms with Crippen molar-refractivity contribution in [3.05, 3.63) is 95.9 Å². The maximum Gasteiger partial charge on any atom is 0.0780 e. The van der Waals surface area contributed by atoms with Crippen LogP contribution < -0.4 is 0 Å². The van der Waals surface area contributed by atoms with E-state index in [1.807, 2.05) is 24.5 Å². The summed E-state index contributed by atoms with van der Waals surface area (Å²) < 4.78 is 0. The number of aryl methyl sites for hydroxylation is 1. The lowest BCUT2D eigenvalue weighted by atomic mass is 10.0. The number of nitrogens with zero attached hydrogens (tertiary/aromatic N) is 4. The maximum absolute atomic E-state index is 4.60. The molecule has 1 aliphatic rings. The summed E-state index contributed by atoms with van der Waals surface area (Å²) in [5.41, 5.74) is 7.35. The minimum Gasteiger partial charge on any atom is -0.297 e. The molecule has 0 bridgehead atoms. The fourth-order valence-corrected chi connectivity index (χ4v) is 4.42. The molecule has 1 saturated heterocycles. The number of piperazine rings is 1. The van der Waals surface area contributed by atoms with Gasteiger partial charge in [0.25, 0.3) is 0 Å². The minimum atomic E-state index is 1.00. The van der Waals surface area contributed by atoms with Gasteiger partial charge in [0.05, 0.1) is 5.52 Å². The Labute approximate surface area is 184 Å². The van der Waals surface area contributed by atoms with Crippen LogP contribution in [0.1, 0.15) is 16.8 Å². The summed E-state index contributed by atoms with van der Waals surface area (Å²) in [4.78, 5) is 14.1. The molecule has 0 unspecified atom stereocenters. The quantitative estimate of drug-likeness (QED) is 0.469. The predicted octanol–water partition coefficient (Wildman–Crippen LogP) is 4.92. The first kappa shape index (κ1) is 19.9. The van der Waals surface area contributed by atoms with Gasteiger partial charge in [0.15, 0.2) is 0 Å². The molecule has 2 aromatic carbocycles. The van der Waals surface area contributed by atoms with Crippen LogP contribution in [0.15, 0.2) is 79.1 Å². The van der Waals surface area contributed by atoms with Gasteiger partial charge in [0.1, 0.15) is 0 Å². The van der Waals surface area contributed by atoms with Crippen LogP contribution in [0.3, 0.4) is 0 Å². The largest absolute Gasteiger partial charge is 0.297 e. The molecular formula is C27H28N4. The van der Waals surface area contributed by atoms with Gasteiger partial charge in [-0.05, 0) is 35.7 Å². The summed E-state index contributed by atoms with van der Waals surface area (Å²) in [6.07, 6.45) is 3.74. The molecule has 4 nitrogen and oxygen atoms in total. The normalized spacial score (nSPS) is 15.4. The van der Waals surface area contributed by atoms with Crippen molar-refractivity contribution in [3.8, 4) is 11.1 Å². The topological polar surface area (TPSA) is 32.3 Å². The number of pyridine rings is 2. The summed E-state index contributed by atoms with van der Waals surface area (Å²) in [6.45, 7) is 8.53. The fraction of sp³-hybridized carbons (Fsp3) is 0.259. The van der Waals surface area contributed by atoms with Crippen LogP contribution in [0.5, 0.6) is 0 Å². The molecule has 1 aliphatic heterocycles. The van der Waals surface area contributed by atoms with Crippen molar-refractivity contribution in [2.75, 3.05) is 26.2 Å². The molecule has 31 heavy (non-hydrogen) atoms. The van der Waals surface area contributed by atoms with E-state index in [0.29, 0.717) is 0 Å². The lowest BCUT2D eigenvalue weighted by molar-refractivity contribution is 0.122. The van der Waals surface area contributed by atoms with Gasteiger partial charge in [0, 0.05) is 68.3 Å². The summed E-state index contributed by atoms with van der Waals surface area (Å²) >= 11 is 0. The molecule has 0 aliphatic carbocycles. The molecule has 0 atom stereocenters. The zero-order chi connectivity index (χ0) is 21.0. The smallest absolute Gasteiger partial charge is 0.0780 e. The Kier molecular flexibility index (Phi) is 5.74. The van der Waals surface area contributed by atoms with Crippen LogP contribution in [-0.4, -0.2) is 45.9 Å². The molecule has 156 valence electrons. The lowest BCUT2D eigenvalue weighted by Crippen LogP contribution is -2.45. The third-order valence-corrected chi connectivity index (χ3v) is 6.28. The Morgan fingerprint density at radius 1 is 0.710 bits per heavy atom. The monoisotopic (exact) mass is 408 g/mol. The molecule has 2 aromatic heterocycles. The highest BCUT2D eigenvalue weighted by molar-refractivity contribution is 5.93. The predicted molar refractivity (Wildman–Crippen MR) is 127 cm³/mol. The van der Waals surface area contributed by atoms with E-state index in [9.17, 15) is 0 Å². The van der Waals surface area contributed by atoms with Gasteiger partial charge in [-0.25, -0.2) is 0 Å². The van der Waals surface area contributed by atoms with Gasteiger partial charge >= 0.3 is 0 Å². The number of benzene rings is 2. The van der Waals surface area contributed by atoms with Gasteiger partial charge in [-0.1, -0.05) is 54.6 Å². The number of rotatable bonds is 5. The first-order valence-corrected chi connectivity index (χ1v) is 11.0. The molecule has 4 heteroatoms. The van der Waals surface area contributed by atoms with E-state index in [4.69, 9.17) is 0 Å². The van der Waals surface area contributed by atoms with E-state index in [1.54, 1.807) is 0 Å². The first-order valence-electron chi connectivity index (χ1n) is 11.0. The number of para-hydroxylation sites is 1. The van der Waals surface area contributed by atoms with E-state index >= 15 is 0 Å². The van der Waals surface area contributed by atoms with Gasteiger partial charge < -0.3 is 0 Å². The third-order valence-electron chi connectivity index (χ3n) is 6.28. The molecule has 0 N–H and O–H groups in total.